The topological polar surface area (TPSA) is 15.3 Å². The van der Waals surface area contributed by atoms with Gasteiger partial charge in [0.25, 0.3) is 0 Å². The number of hydrogen-bond donors (Lipinski definition) is 1. The molecule has 1 heterocycles. The fraction of sp³-hybridized carbons (Fsp3) is 0.600. The molecular formula is C15H23Cl2F3N2S. The summed E-state index contributed by atoms with van der Waals surface area (Å²) in [5.41, 5.74) is -3.10. The highest BCUT2D eigenvalue weighted by atomic mass is 35.5. The summed E-state index contributed by atoms with van der Waals surface area (Å²) in [4.78, 5) is 2.67. The predicted octanol–water partition coefficient (Wildman–Crippen LogP) is 4.89. The Bertz CT molecular complexity index is 437. The Morgan fingerprint density at radius 2 is 1.70 bits per heavy atom. The van der Waals surface area contributed by atoms with Gasteiger partial charge in [0.05, 0.1) is 0 Å². The summed E-state index contributed by atoms with van der Waals surface area (Å²) in [7, 11) is 0. The molecule has 1 fully saturated rings. The zero-order valence-corrected chi connectivity index (χ0v) is 15.4. The second-order valence-corrected chi connectivity index (χ2v) is 6.35. The molecule has 1 N–H and O–H groups in total. The van der Waals surface area contributed by atoms with Crippen molar-refractivity contribution in [1.82, 2.24) is 10.2 Å². The first-order chi connectivity index (χ1) is 9.99. The van der Waals surface area contributed by atoms with E-state index in [2.05, 4.69) is 17.1 Å². The first kappa shape index (κ1) is 22.9. The minimum atomic E-state index is -4.22. The van der Waals surface area contributed by atoms with Crippen molar-refractivity contribution in [2.24, 2.45) is 0 Å². The molecule has 0 saturated carbocycles. The minimum absolute atomic E-state index is 0. The predicted molar refractivity (Wildman–Crippen MR) is 94.9 cm³/mol. The molecule has 2 nitrogen and oxygen atoms in total. The van der Waals surface area contributed by atoms with Crippen LogP contribution in [0.5, 0.6) is 0 Å². The molecule has 0 aromatic heterocycles. The van der Waals surface area contributed by atoms with Crippen LogP contribution in [0, 0.1) is 0 Å². The van der Waals surface area contributed by atoms with Gasteiger partial charge in [-0.1, -0.05) is 25.5 Å². The number of benzene rings is 1. The normalized spacial score (nSPS) is 17.0. The number of rotatable bonds is 5. The van der Waals surface area contributed by atoms with E-state index < -0.39 is 5.51 Å². The van der Waals surface area contributed by atoms with E-state index in [-0.39, 0.29) is 41.5 Å². The van der Waals surface area contributed by atoms with Gasteiger partial charge in [-0.05, 0) is 35.9 Å². The van der Waals surface area contributed by atoms with Crippen LogP contribution in [-0.2, 0) is 0 Å². The summed E-state index contributed by atoms with van der Waals surface area (Å²) in [5, 5.41) is 3.33. The van der Waals surface area contributed by atoms with Crippen LogP contribution < -0.4 is 5.32 Å². The summed E-state index contributed by atoms with van der Waals surface area (Å²) in [5.74, 6) is 0. The smallest absolute Gasteiger partial charge is 0.314 e. The van der Waals surface area contributed by atoms with E-state index in [4.69, 9.17) is 0 Å². The summed E-state index contributed by atoms with van der Waals surface area (Å²) >= 11 is -0.0535. The molecule has 0 unspecified atom stereocenters. The summed E-state index contributed by atoms with van der Waals surface area (Å²) in [6.45, 7) is 6.07. The number of piperazine rings is 1. The van der Waals surface area contributed by atoms with Gasteiger partial charge in [-0.25, -0.2) is 0 Å². The van der Waals surface area contributed by atoms with E-state index >= 15 is 0 Å². The lowest BCUT2D eigenvalue weighted by molar-refractivity contribution is -0.0328. The van der Waals surface area contributed by atoms with Crippen molar-refractivity contribution in [2.45, 2.75) is 36.2 Å². The van der Waals surface area contributed by atoms with E-state index in [1.165, 1.54) is 0 Å². The molecule has 2 rings (SSSR count). The Labute approximate surface area is 152 Å². The second-order valence-electron chi connectivity index (χ2n) is 5.21. The van der Waals surface area contributed by atoms with Crippen LogP contribution in [0.25, 0.3) is 0 Å². The molecule has 1 aliphatic heterocycles. The number of halogens is 5. The molecular weight excluding hydrogens is 368 g/mol. The van der Waals surface area contributed by atoms with Crippen LogP contribution in [0.4, 0.5) is 13.2 Å². The van der Waals surface area contributed by atoms with E-state index in [0.717, 1.165) is 44.6 Å². The summed E-state index contributed by atoms with van der Waals surface area (Å²) in [6.07, 6.45) is 2.10. The average Bonchev–Trinajstić information content (AvgIpc) is 2.45. The van der Waals surface area contributed by atoms with E-state index in [1.807, 2.05) is 12.1 Å². The van der Waals surface area contributed by atoms with Gasteiger partial charge < -0.3 is 5.32 Å². The molecule has 8 heteroatoms. The van der Waals surface area contributed by atoms with Gasteiger partial charge in [-0.2, -0.15) is 13.2 Å². The minimum Gasteiger partial charge on any atom is -0.314 e. The van der Waals surface area contributed by atoms with Crippen molar-refractivity contribution in [3.63, 3.8) is 0 Å². The zero-order valence-electron chi connectivity index (χ0n) is 12.9. The van der Waals surface area contributed by atoms with E-state index in [1.54, 1.807) is 12.1 Å². The zero-order chi connectivity index (χ0) is 15.3. The molecule has 0 aliphatic carbocycles. The molecule has 0 bridgehead atoms. The van der Waals surface area contributed by atoms with Gasteiger partial charge in [0.1, 0.15) is 0 Å². The molecule has 1 aromatic rings. The van der Waals surface area contributed by atoms with Crippen LogP contribution in [0.3, 0.4) is 0 Å². The van der Waals surface area contributed by atoms with Crippen LogP contribution in [0.15, 0.2) is 29.2 Å². The molecule has 1 aliphatic rings. The van der Waals surface area contributed by atoms with Crippen molar-refractivity contribution >= 4 is 36.6 Å². The standard InChI is InChI=1S/C15H21F3N2S.2ClH/c1-2-3-14(20-10-8-19-9-11-20)12-4-6-13(7-5-12)21-15(16,17)18;;/h4-7,14,19H,2-3,8-11H2,1H3;2*1H/t14-;;/m0../s1. The SMILES string of the molecule is CCC[C@@H](c1ccc(SC(F)(F)F)cc1)N1CCNCC1.Cl.Cl. The monoisotopic (exact) mass is 390 g/mol. The Morgan fingerprint density at radius 1 is 1.13 bits per heavy atom. The van der Waals surface area contributed by atoms with E-state index in [9.17, 15) is 13.2 Å². The Balaban J connectivity index is 0.00000242. The van der Waals surface area contributed by atoms with Crippen LogP contribution in [0.2, 0.25) is 0 Å². The molecule has 1 aromatic carbocycles. The van der Waals surface area contributed by atoms with E-state index in [0.29, 0.717) is 6.04 Å². The molecule has 23 heavy (non-hydrogen) atoms. The summed E-state index contributed by atoms with van der Waals surface area (Å²) in [6, 6.07) is 7.16. The molecule has 0 spiro atoms. The number of hydrogen-bond acceptors (Lipinski definition) is 3. The lowest BCUT2D eigenvalue weighted by Crippen LogP contribution is -2.45. The molecule has 1 atom stereocenters. The van der Waals surface area contributed by atoms with Gasteiger partial charge in [0, 0.05) is 37.1 Å². The van der Waals surface area contributed by atoms with Crippen molar-refractivity contribution in [2.75, 3.05) is 26.2 Å². The Hall–Kier alpha value is -0.140. The van der Waals surface area contributed by atoms with Gasteiger partial charge in [-0.3, -0.25) is 4.90 Å². The third kappa shape index (κ3) is 7.52. The van der Waals surface area contributed by atoms with Gasteiger partial charge in [0.15, 0.2) is 0 Å². The van der Waals surface area contributed by atoms with Crippen LogP contribution in [0.1, 0.15) is 31.4 Å². The largest absolute Gasteiger partial charge is 0.446 e. The van der Waals surface area contributed by atoms with Crippen molar-refractivity contribution in [3.8, 4) is 0 Å². The van der Waals surface area contributed by atoms with Gasteiger partial charge >= 0.3 is 5.51 Å². The first-order valence-corrected chi connectivity index (χ1v) is 8.11. The lowest BCUT2D eigenvalue weighted by Gasteiger charge is -2.35. The maximum absolute atomic E-state index is 12.4. The van der Waals surface area contributed by atoms with Crippen molar-refractivity contribution < 1.29 is 13.2 Å². The van der Waals surface area contributed by atoms with Crippen LogP contribution >= 0.6 is 36.6 Å². The number of nitrogens with one attached hydrogen (secondary N) is 1. The number of thioether (sulfide) groups is 1. The second kappa shape index (κ2) is 10.7. The lowest BCUT2D eigenvalue weighted by atomic mass is 10.00. The average molecular weight is 391 g/mol. The number of alkyl halides is 3. The highest BCUT2D eigenvalue weighted by Gasteiger charge is 2.29. The third-order valence-corrected chi connectivity index (χ3v) is 4.39. The fourth-order valence-corrected chi connectivity index (χ4v) is 3.26. The highest BCUT2D eigenvalue weighted by Crippen LogP contribution is 2.37. The molecule has 1 saturated heterocycles. The highest BCUT2D eigenvalue weighted by molar-refractivity contribution is 8.00. The van der Waals surface area contributed by atoms with Crippen molar-refractivity contribution in [1.29, 1.82) is 0 Å². The fourth-order valence-electron chi connectivity index (χ4n) is 2.72. The number of nitrogens with zero attached hydrogens (tertiary/aromatic N) is 1. The van der Waals surface area contributed by atoms with Crippen molar-refractivity contribution in [3.05, 3.63) is 29.8 Å². The maximum Gasteiger partial charge on any atom is 0.446 e. The molecule has 0 amide bonds. The van der Waals surface area contributed by atoms with Gasteiger partial charge in [-0.15, -0.1) is 24.8 Å². The first-order valence-electron chi connectivity index (χ1n) is 7.30. The van der Waals surface area contributed by atoms with Crippen LogP contribution in [-0.4, -0.2) is 36.6 Å². The Kier molecular flexibility index (Phi) is 10.6. The molecule has 0 radical (unpaired) electrons. The maximum atomic E-state index is 12.4. The summed E-state index contributed by atoms with van der Waals surface area (Å²) < 4.78 is 37.1. The Morgan fingerprint density at radius 3 is 2.17 bits per heavy atom. The molecule has 134 valence electrons. The quantitative estimate of drug-likeness (QED) is 0.720. The van der Waals surface area contributed by atoms with Gasteiger partial charge in [0.2, 0.25) is 0 Å². The third-order valence-electron chi connectivity index (χ3n) is 3.65.